The van der Waals surface area contributed by atoms with Crippen LogP contribution in [0.15, 0.2) is 27.3 Å². The van der Waals surface area contributed by atoms with Gasteiger partial charge in [0.15, 0.2) is 11.6 Å². The van der Waals surface area contributed by atoms with Crippen LogP contribution in [-0.2, 0) is 6.54 Å². The summed E-state index contributed by atoms with van der Waals surface area (Å²) in [6.45, 7) is 4.91. The molecule has 1 aliphatic heterocycles. The van der Waals surface area contributed by atoms with E-state index in [0.717, 1.165) is 39.1 Å². The molecule has 1 aliphatic rings. The van der Waals surface area contributed by atoms with Crippen LogP contribution >= 0.6 is 0 Å². The summed E-state index contributed by atoms with van der Waals surface area (Å²) in [4.78, 5) is 6.67. The molecule has 0 aliphatic carbocycles. The van der Waals surface area contributed by atoms with E-state index in [4.69, 9.17) is 8.94 Å². The van der Waals surface area contributed by atoms with Gasteiger partial charge in [-0.2, -0.15) is 4.98 Å². The summed E-state index contributed by atoms with van der Waals surface area (Å²) < 4.78 is 10.4. The molecule has 18 heavy (non-hydrogen) atoms. The van der Waals surface area contributed by atoms with Crippen molar-refractivity contribution in [3.05, 3.63) is 24.2 Å². The van der Waals surface area contributed by atoms with Crippen LogP contribution in [0.5, 0.6) is 0 Å². The smallest absolute Gasteiger partial charge is 0.293 e. The molecule has 1 saturated heterocycles. The quantitative estimate of drug-likeness (QED) is 0.878. The van der Waals surface area contributed by atoms with Gasteiger partial charge in [-0.3, -0.25) is 4.90 Å². The van der Waals surface area contributed by atoms with Gasteiger partial charge in [0.1, 0.15) is 0 Å². The standard InChI is InChI=1S/C12H16N4O2/c1-3-10(17-8-1)12-14-11(15-18-12)9-16-6-2-4-13-5-7-16/h1,3,8,13H,2,4-7,9H2. The van der Waals surface area contributed by atoms with Gasteiger partial charge in [-0.05, 0) is 31.6 Å². The Kier molecular flexibility index (Phi) is 3.38. The van der Waals surface area contributed by atoms with Crippen molar-refractivity contribution >= 4 is 0 Å². The fourth-order valence-electron chi connectivity index (χ4n) is 2.08. The molecule has 3 rings (SSSR count). The Morgan fingerprint density at radius 3 is 3.22 bits per heavy atom. The average molecular weight is 248 g/mol. The predicted octanol–water partition coefficient (Wildman–Crippen LogP) is 1.12. The Hall–Kier alpha value is -1.66. The minimum absolute atomic E-state index is 0.447. The van der Waals surface area contributed by atoms with E-state index in [1.807, 2.05) is 6.07 Å². The van der Waals surface area contributed by atoms with Gasteiger partial charge in [-0.1, -0.05) is 5.16 Å². The number of rotatable bonds is 3. The molecule has 0 amide bonds. The van der Waals surface area contributed by atoms with Gasteiger partial charge in [-0.15, -0.1) is 0 Å². The maximum absolute atomic E-state index is 5.22. The normalized spacial score (nSPS) is 17.8. The molecule has 1 fully saturated rings. The Morgan fingerprint density at radius 1 is 1.33 bits per heavy atom. The maximum atomic E-state index is 5.22. The molecule has 0 bridgehead atoms. The number of nitrogens with zero attached hydrogens (tertiary/aromatic N) is 3. The van der Waals surface area contributed by atoms with E-state index >= 15 is 0 Å². The number of nitrogens with one attached hydrogen (secondary N) is 1. The van der Waals surface area contributed by atoms with E-state index in [0.29, 0.717) is 17.5 Å². The minimum atomic E-state index is 0.447. The summed E-state index contributed by atoms with van der Waals surface area (Å²) in [5.74, 6) is 1.78. The lowest BCUT2D eigenvalue weighted by Crippen LogP contribution is -2.28. The molecule has 6 heteroatoms. The molecule has 96 valence electrons. The van der Waals surface area contributed by atoms with E-state index in [9.17, 15) is 0 Å². The molecule has 0 radical (unpaired) electrons. The SMILES string of the molecule is c1coc(-c2nc(CN3CCCNCC3)no2)c1. The Balaban J connectivity index is 1.66. The molecule has 0 atom stereocenters. The number of hydrogen-bond acceptors (Lipinski definition) is 6. The lowest BCUT2D eigenvalue weighted by Gasteiger charge is -2.16. The van der Waals surface area contributed by atoms with Crippen LogP contribution in [0.4, 0.5) is 0 Å². The molecular weight excluding hydrogens is 232 g/mol. The van der Waals surface area contributed by atoms with E-state index in [1.165, 1.54) is 0 Å². The van der Waals surface area contributed by atoms with Crippen molar-refractivity contribution < 1.29 is 8.94 Å². The Morgan fingerprint density at radius 2 is 2.33 bits per heavy atom. The zero-order valence-electron chi connectivity index (χ0n) is 10.1. The van der Waals surface area contributed by atoms with Gasteiger partial charge < -0.3 is 14.3 Å². The average Bonchev–Trinajstić information content (AvgIpc) is 2.98. The second-order valence-electron chi connectivity index (χ2n) is 4.37. The first kappa shape index (κ1) is 11.4. The first-order valence-corrected chi connectivity index (χ1v) is 6.21. The van der Waals surface area contributed by atoms with Crippen LogP contribution < -0.4 is 5.32 Å². The van der Waals surface area contributed by atoms with Crippen molar-refractivity contribution in [1.29, 1.82) is 0 Å². The number of hydrogen-bond donors (Lipinski definition) is 1. The van der Waals surface area contributed by atoms with Crippen molar-refractivity contribution in [1.82, 2.24) is 20.4 Å². The van der Waals surface area contributed by atoms with Gasteiger partial charge >= 0.3 is 0 Å². The second kappa shape index (κ2) is 5.32. The minimum Gasteiger partial charge on any atom is -0.459 e. The Bertz CT molecular complexity index is 472. The molecule has 2 aromatic rings. The molecule has 1 N–H and O–H groups in total. The fourth-order valence-corrected chi connectivity index (χ4v) is 2.08. The summed E-state index contributed by atoms with van der Waals surface area (Å²) in [6, 6.07) is 3.62. The summed E-state index contributed by atoms with van der Waals surface area (Å²) in [5.41, 5.74) is 0. The highest BCUT2D eigenvalue weighted by Crippen LogP contribution is 2.17. The van der Waals surface area contributed by atoms with Gasteiger partial charge in [0.25, 0.3) is 5.89 Å². The van der Waals surface area contributed by atoms with E-state index < -0.39 is 0 Å². The summed E-state index contributed by atoms with van der Waals surface area (Å²) in [6.07, 6.45) is 2.75. The molecular formula is C12H16N4O2. The lowest BCUT2D eigenvalue weighted by molar-refractivity contribution is 0.271. The predicted molar refractivity (Wildman–Crippen MR) is 64.8 cm³/mol. The third kappa shape index (κ3) is 2.60. The fraction of sp³-hybridized carbons (Fsp3) is 0.500. The molecule has 0 aromatic carbocycles. The van der Waals surface area contributed by atoms with Crippen LogP contribution in [0.3, 0.4) is 0 Å². The summed E-state index contributed by atoms with van der Waals surface area (Å²) in [7, 11) is 0. The van der Waals surface area contributed by atoms with Crippen molar-refractivity contribution in [2.24, 2.45) is 0 Å². The maximum Gasteiger partial charge on any atom is 0.293 e. The van der Waals surface area contributed by atoms with E-state index in [2.05, 4.69) is 20.4 Å². The monoisotopic (exact) mass is 248 g/mol. The van der Waals surface area contributed by atoms with Gasteiger partial charge in [0.05, 0.1) is 12.8 Å². The molecule has 0 spiro atoms. The highest BCUT2D eigenvalue weighted by Gasteiger charge is 2.15. The van der Waals surface area contributed by atoms with Crippen molar-refractivity contribution in [2.45, 2.75) is 13.0 Å². The largest absolute Gasteiger partial charge is 0.459 e. The highest BCUT2D eigenvalue weighted by molar-refractivity contribution is 5.42. The third-order valence-electron chi connectivity index (χ3n) is 3.00. The summed E-state index contributed by atoms with van der Waals surface area (Å²) >= 11 is 0. The second-order valence-corrected chi connectivity index (χ2v) is 4.37. The molecule has 0 unspecified atom stereocenters. The first-order chi connectivity index (χ1) is 8.92. The van der Waals surface area contributed by atoms with Gasteiger partial charge in [0.2, 0.25) is 0 Å². The van der Waals surface area contributed by atoms with Crippen LogP contribution in [0.1, 0.15) is 12.2 Å². The molecule has 3 heterocycles. The number of furan rings is 1. The zero-order valence-corrected chi connectivity index (χ0v) is 10.1. The van der Waals surface area contributed by atoms with Crippen LogP contribution in [0, 0.1) is 0 Å². The van der Waals surface area contributed by atoms with E-state index in [1.54, 1.807) is 12.3 Å². The van der Waals surface area contributed by atoms with Crippen LogP contribution in [0.25, 0.3) is 11.7 Å². The van der Waals surface area contributed by atoms with Crippen LogP contribution in [0.2, 0.25) is 0 Å². The van der Waals surface area contributed by atoms with Crippen molar-refractivity contribution in [3.8, 4) is 11.7 Å². The number of aromatic nitrogens is 2. The van der Waals surface area contributed by atoms with Crippen molar-refractivity contribution in [3.63, 3.8) is 0 Å². The van der Waals surface area contributed by atoms with Crippen LogP contribution in [-0.4, -0.2) is 41.2 Å². The first-order valence-electron chi connectivity index (χ1n) is 6.21. The topological polar surface area (TPSA) is 67.3 Å². The lowest BCUT2D eigenvalue weighted by atomic mass is 10.4. The van der Waals surface area contributed by atoms with Gasteiger partial charge in [-0.25, -0.2) is 0 Å². The van der Waals surface area contributed by atoms with E-state index in [-0.39, 0.29) is 0 Å². The Labute approximate surface area is 105 Å². The highest BCUT2D eigenvalue weighted by atomic mass is 16.5. The zero-order chi connectivity index (χ0) is 12.2. The third-order valence-corrected chi connectivity index (χ3v) is 3.00. The van der Waals surface area contributed by atoms with Gasteiger partial charge in [0, 0.05) is 13.1 Å². The summed E-state index contributed by atoms with van der Waals surface area (Å²) in [5, 5.41) is 7.36. The molecule has 6 nitrogen and oxygen atoms in total. The molecule has 0 saturated carbocycles. The van der Waals surface area contributed by atoms with Crippen molar-refractivity contribution in [2.75, 3.05) is 26.2 Å². The molecule has 2 aromatic heterocycles.